The van der Waals surface area contributed by atoms with Crippen LogP contribution in [0.5, 0.6) is 0 Å². The molecule has 0 spiro atoms. The molecule has 0 unspecified atom stereocenters. The molecule has 1 saturated heterocycles. The van der Waals surface area contributed by atoms with E-state index in [1.165, 1.54) is 23.5 Å². The highest BCUT2D eigenvalue weighted by Gasteiger charge is 2.33. The van der Waals surface area contributed by atoms with Gasteiger partial charge < -0.3 is 15.1 Å². The summed E-state index contributed by atoms with van der Waals surface area (Å²) in [6.45, 7) is 0.271. The molecule has 0 saturated carbocycles. The van der Waals surface area contributed by atoms with Crippen LogP contribution >= 0.6 is 0 Å². The molecule has 6 heteroatoms. The van der Waals surface area contributed by atoms with E-state index in [1.807, 2.05) is 0 Å². The highest BCUT2D eigenvalue weighted by molar-refractivity contribution is 5.92. The van der Waals surface area contributed by atoms with E-state index in [4.69, 9.17) is 0 Å². The Hall–Kier alpha value is -1.53. The summed E-state index contributed by atoms with van der Waals surface area (Å²) >= 11 is 0. The minimum atomic E-state index is -0.870. The van der Waals surface area contributed by atoms with E-state index in [-0.39, 0.29) is 24.7 Å². The van der Waals surface area contributed by atoms with Gasteiger partial charge in [-0.1, -0.05) is 0 Å². The predicted molar refractivity (Wildman–Crippen MR) is 49.9 cm³/mol. The van der Waals surface area contributed by atoms with Gasteiger partial charge in [0.25, 0.3) is 5.91 Å². The molecule has 1 aromatic rings. The molecule has 1 fully saturated rings. The molecule has 1 aromatic heterocycles. The van der Waals surface area contributed by atoms with Crippen LogP contribution in [-0.2, 0) is 0 Å². The van der Waals surface area contributed by atoms with Gasteiger partial charge in [-0.05, 0) is 0 Å². The van der Waals surface area contributed by atoms with Crippen LogP contribution in [0.2, 0.25) is 0 Å². The topological polar surface area (TPSA) is 86.6 Å². The Labute approximate surface area is 86.2 Å². The van der Waals surface area contributed by atoms with Gasteiger partial charge in [-0.3, -0.25) is 9.78 Å². The Morgan fingerprint density at radius 1 is 1.33 bits per heavy atom. The molecule has 0 radical (unpaired) electrons. The van der Waals surface area contributed by atoms with Gasteiger partial charge in [-0.15, -0.1) is 0 Å². The molecule has 0 bridgehead atoms. The Bertz CT molecular complexity index is 347. The minimum Gasteiger partial charge on any atom is -0.388 e. The third kappa shape index (κ3) is 1.95. The summed E-state index contributed by atoms with van der Waals surface area (Å²) < 4.78 is 0. The van der Waals surface area contributed by atoms with Crippen molar-refractivity contribution < 1.29 is 15.0 Å². The number of carbonyl (C=O) groups is 1. The number of carbonyl (C=O) groups excluding carboxylic acids is 1. The smallest absolute Gasteiger partial charge is 0.274 e. The van der Waals surface area contributed by atoms with Crippen molar-refractivity contribution in [3.63, 3.8) is 0 Å². The Morgan fingerprint density at radius 2 is 2.00 bits per heavy atom. The van der Waals surface area contributed by atoms with E-state index < -0.39 is 12.2 Å². The summed E-state index contributed by atoms with van der Waals surface area (Å²) in [5.41, 5.74) is 0.221. The molecule has 80 valence electrons. The Morgan fingerprint density at radius 3 is 2.53 bits per heavy atom. The molecular weight excluding hydrogens is 198 g/mol. The Balaban J connectivity index is 2.10. The van der Waals surface area contributed by atoms with E-state index in [9.17, 15) is 15.0 Å². The van der Waals surface area contributed by atoms with E-state index in [1.54, 1.807) is 0 Å². The summed E-state index contributed by atoms with van der Waals surface area (Å²) in [5.74, 6) is -0.321. The molecule has 1 aliphatic heterocycles. The lowest BCUT2D eigenvalue weighted by Crippen LogP contribution is -2.30. The van der Waals surface area contributed by atoms with Crippen LogP contribution in [0.25, 0.3) is 0 Å². The van der Waals surface area contributed by atoms with Crippen molar-refractivity contribution in [1.29, 1.82) is 0 Å². The lowest BCUT2D eigenvalue weighted by atomic mass is 10.3. The first kappa shape index (κ1) is 10.0. The van der Waals surface area contributed by atoms with Crippen LogP contribution in [0.4, 0.5) is 0 Å². The molecule has 15 heavy (non-hydrogen) atoms. The molecule has 0 aromatic carbocycles. The van der Waals surface area contributed by atoms with Gasteiger partial charge in [0.1, 0.15) is 5.69 Å². The standard InChI is InChI=1S/C9H11N3O3/c13-7-4-12(5-8(7)14)9(15)6-3-10-1-2-11-6/h1-3,7-8,13-14H,4-5H2/t7-,8+. The molecular formula is C9H11N3O3. The second kappa shape index (κ2) is 3.92. The summed E-state index contributed by atoms with van der Waals surface area (Å²) in [4.78, 5) is 20.7. The van der Waals surface area contributed by atoms with Crippen molar-refractivity contribution in [2.45, 2.75) is 12.2 Å². The Kier molecular flexibility index (Phi) is 2.61. The number of rotatable bonds is 1. The summed E-state index contributed by atoms with van der Waals surface area (Å²) in [7, 11) is 0. The number of β-amino-alcohol motifs (C(OH)–C–C–N with tert-alkyl or cyclic N) is 2. The normalized spacial score (nSPS) is 25.6. The van der Waals surface area contributed by atoms with Crippen molar-refractivity contribution in [3.8, 4) is 0 Å². The van der Waals surface area contributed by atoms with Crippen LogP contribution < -0.4 is 0 Å². The van der Waals surface area contributed by atoms with Gasteiger partial charge in [-0.25, -0.2) is 4.98 Å². The summed E-state index contributed by atoms with van der Waals surface area (Å²) in [6.07, 6.45) is 2.52. The average molecular weight is 209 g/mol. The fraction of sp³-hybridized carbons (Fsp3) is 0.444. The molecule has 1 aliphatic rings. The van der Waals surface area contributed by atoms with Gasteiger partial charge in [0.05, 0.1) is 18.4 Å². The molecule has 0 aliphatic carbocycles. The van der Waals surface area contributed by atoms with Crippen LogP contribution in [0.3, 0.4) is 0 Å². The zero-order valence-electron chi connectivity index (χ0n) is 7.95. The van der Waals surface area contributed by atoms with Gasteiger partial charge in [0.2, 0.25) is 0 Å². The highest BCUT2D eigenvalue weighted by Crippen LogP contribution is 2.12. The maximum absolute atomic E-state index is 11.7. The van der Waals surface area contributed by atoms with E-state index >= 15 is 0 Å². The van der Waals surface area contributed by atoms with Crippen molar-refractivity contribution >= 4 is 5.91 Å². The molecule has 1 amide bonds. The first-order valence-electron chi connectivity index (χ1n) is 4.60. The number of aliphatic hydroxyl groups excluding tert-OH is 2. The van der Waals surface area contributed by atoms with Gasteiger partial charge in [-0.2, -0.15) is 0 Å². The third-order valence-electron chi connectivity index (χ3n) is 2.33. The lowest BCUT2D eigenvalue weighted by Gasteiger charge is -2.13. The summed E-state index contributed by atoms with van der Waals surface area (Å²) in [5, 5.41) is 18.6. The SMILES string of the molecule is O=C(c1cnccn1)N1C[C@@H](O)[C@@H](O)C1. The zero-order valence-corrected chi connectivity index (χ0v) is 7.95. The first-order chi connectivity index (χ1) is 7.18. The quantitative estimate of drug-likeness (QED) is 0.597. The van der Waals surface area contributed by atoms with Crippen molar-refractivity contribution in [1.82, 2.24) is 14.9 Å². The van der Waals surface area contributed by atoms with Crippen molar-refractivity contribution in [3.05, 3.63) is 24.3 Å². The van der Waals surface area contributed by atoms with Crippen LogP contribution in [0.15, 0.2) is 18.6 Å². The predicted octanol–water partition coefficient (Wildman–Crippen LogP) is -1.35. The maximum Gasteiger partial charge on any atom is 0.274 e. The molecule has 2 atom stereocenters. The minimum absolute atomic E-state index is 0.135. The van der Waals surface area contributed by atoms with E-state index in [0.717, 1.165) is 0 Å². The van der Waals surface area contributed by atoms with Crippen LogP contribution in [0, 0.1) is 0 Å². The largest absolute Gasteiger partial charge is 0.388 e. The third-order valence-corrected chi connectivity index (χ3v) is 2.33. The van der Waals surface area contributed by atoms with E-state index in [0.29, 0.717) is 0 Å². The maximum atomic E-state index is 11.7. The monoisotopic (exact) mass is 209 g/mol. The number of hydrogen-bond donors (Lipinski definition) is 2. The number of likely N-dealkylation sites (tertiary alicyclic amines) is 1. The highest BCUT2D eigenvalue weighted by atomic mass is 16.3. The summed E-state index contributed by atoms with van der Waals surface area (Å²) in [6, 6.07) is 0. The molecule has 2 heterocycles. The number of aliphatic hydroxyl groups is 2. The zero-order chi connectivity index (χ0) is 10.8. The second-order valence-electron chi connectivity index (χ2n) is 3.44. The fourth-order valence-electron chi connectivity index (χ4n) is 1.51. The fourth-order valence-corrected chi connectivity index (χ4v) is 1.51. The van der Waals surface area contributed by atoms with Crippen LogP contribution in [0.1, 0.15) is 10.5 Å². The van der Waals surface area contributed by atoms with Crippen molar-refractivity contribution in [2.75, 3.05) is 13.1 Å². The van der Waals surface area contributed by atoms with E-state index in [2.05, 4.69) is 9.97 Å². The van der Waals surface area contributed by atoms with Crippen molar-refractivity contribution in [2.24, 2.45) is 0 Å². The molecule has 6 nitrogen and oxygen atoms in total. The second-order valence-corrected chi connectivity index (χ2v) is 3.44. The number of nitrogens with zero attached hydrogens (tertiary/aromatic N) is 3. The lowest BCUT2D eigenvalue weighted by molar-refractivity contribution is 0.0572. The van der Waals surface area contributed by atoms with Crippen LogP contribution in [-0.4, -0.2) is 56.3 Å². The number of hydrogen-bond acceptors (Lipinski definition) is 5. The number of amides is 1. The van der Waals surface area contributed by atoms with Gasteiger partial charge in [0.15, 0.2) is 0 Å². The van der Waals surface area contributed by atoms with Gasteiger partial charge >= 0.3 is 0 Å². The first-order valence-corrected chi connectivity index (χ1v) is 4.60. The number of aromatic nitrogens is 2. The van der Waals surface area contributed by atoms with Gasteiger partial charge in [0, 0.05) is 25.5 Å². The average Bonchev–Trinajstić information content (AvgIpc) is 2.59. The molecule has 2 N–H and O–H groups in total. The molecule has 2 rings (SSSR count).